The fraction of sp³-hybridized carbons (Fsp3) is 0.889. The van der Waals surface area contributed by atoms with Crippen molar-refractivity contribution in [3.8, 4) is 0 Å². The highest BCUT2D eigenvalue weighted by Crippen LogP contribution is 2.20. The van der Waals surface area contributed by atoms with Gasteiger partial charge in [0.25, 0.3) is 0 Å². The summed E-state index contributed by atoms with van der Waals surface area (Å²) in [6.07, 6.45) is 4.64. The van der Waals surface area contributed by atoms with Gasteiger partial charge in [0.15, 0.2) is 0 Å². The predicted molar refractivity (Wildman–Crippen MR) is 63.4 cm³/mol. The lowest BCUT2D eigenvalue weighted by Gasteiger charge is -2.32. The molecule has 14 heavy (non-hydrogen) atoms. The molecule has 1 aliphatic rings. The van der Waals surface area contributed by atoms with E-state index in [0.29, 0.717) is 0 Å². The predicted octanol–water partition coefficient (Wildman–Crippen LogP) is 0.653. The highest BCUT2D eigenvalue weighted by molar-refractivity contribution is 7.99. The molecule has 0 aromatic carbocycles. The molecule has 1 fully saturated rings. The van der Waals surface area contributed by atoms with Gasteiger partial charge in [-0.15, -0.1) is 0 Å². The molecule has 82 valence electrons. The maximum absolute atomic E-state index is 5.43. The summed E-state index contributed by atoms with van der Waals surface area (Å²) in [5.41, 5.74) is 2.67. The van der Waals surface area contributed by atoms with Crippen molar-refractivity contribution in [1.82, 2.24) is 10.3 Å². The fourth-order valence-corrected chi connectivity index (χ4v) is 2.37. The Labute approximate surface area is 90.3 Å². The molecule has 1 saturated heterocycles. The zero-order valence-corrected chi connectivity index (χ0v) is 9.81. The Balaban J connectivity index is 2.43. The molecule has 0 spiro atoms. The van der Waals surface area contributed by atoms with Crippen LogP contribution >= 0.6 is 11.8 Å². The van der Waals surface area contributed by atoms with Crippen molar-refractivity contribution in [2.24, 2.45) is 10.8 Å². The van der Waals surface area contributed by atoms with Gasteiger partial charge in [0.2, 0.25) is 5.96 Å². The molecule has 3 N–H and O–H groups in total. The average Bonchev–Trinajstić information content (AvgIpc) is 2.26. The first kappa shape index (κ1) is 11.7. The molecule has 0 radical (unpaired) electrons. The van der Waals surface area contributed by atoms with Crippen molar-refractivity contribution in [2.75, 3.05) is 25.9 Å². The van der Waals surface area contributed by atoms with Crippen molar-refractivity contribution in [3.63, 3.8) is 0 Å². The standard InChI is InChI=1S/C9H20N4S/c1-3-11-9(12-10)13-6-4-8(14-2)5-7-13/h8H,3-7,10H2,1-2H3,(H,11,12). The molecular weight excluding hydrogens is 196 g/mol. The summed E-state index contributed by atoms with van der Waals surface area (Å²) < 4.78 is 0. The Morgan fingerprint density at radius 1 is 1.57 bits per heavy atom. The number of likely N-dealkylation sites (tertiary alicyclic amines) is 1. The summed E-state index contributed by atoms with van der Waals surface area (Å²) in [6, 6.07) is 0. The number of thioether (sulfide) groups is 1. The first-order chi connectivity index (χ1) is 6.81. The molecule has 5 heteroatoms. The van der Waals surface area contributed by atoms with Gasteiger partial charge in [0.05, 0.1) is 0 Å². The Bertz CT molecular complexity index is 187. The average molecular weight is 216 g/mol. The van der Waals surface area contributed by atoms with Gasteiger partial charge >= 0.3 is 0 Å². The van der Waals surface area contributed by atoms with E-state index in [2.05, 4.69) is 21.6 Å². The molecule has 0 aromatic heterocycles. The van der Waals surface area contributed by atoms with E-state index in [4.69, 9.17) is 5.84 Å². The van der Waals surface area contributed by atoms with E-state index in [1.807, 2.05) is 18.7 Å². The van der Waals surface area contributed by atoms with Gasteiger partial charge in [-0.1, -0.05) is 0 Å². The number of hydrogen-bond donors (Lipinski definition) is 2. The fourth-order valence-electron chi connectivity index (χ4n) is 1.69. The minimum atomic E-state index is 0.780. The number of aliphatic imine (C=N–C) groups is 1. The number of nitrogens with zero attached hydrogens (tertiary/aromatic N) is 2. The van der Waals surface area contributed by atoms with Gasteiger partial charge < -0.3 is 4.90 Å². The molecule has 1 heterocycles. The van der Waals surface area contributed by atoms with Crippen LogP contribution in [0.15, 0.2) is 4.99 Å². The van der Waals surface area contributed by atoms with Crippen LogP contribution in [-0.4, -0.2) is 42.0 Å². The maximum atomic E-state index is 5.43. The lowest BCUT2D eigenvalue weighted by Crippen LogP contribution is -2.48. The van der Waals surface area contributed by atoms with Crippen LogP contribution in [0.25, 0.3) is 0 Å². The van der Waals surface area contributed by atoms with E-state index in [0.717, 1.165) is 30.8 Å². The normalized spacial score (nSPS) is 19.9. The van der Waals surface area contributed by atoms with Gasteiger partial charge in [0.1, 0.15) is 0 Å². The van der Waals surface area contributed by atoms with Crippen LogP contribution in [0.2, 0.25) is 0 Å². The summed E-state index contributed by atoms with van der Waals surface area (Å²) >= 11 is 1.96. The number of nitrogens with one attached hydrogen (secondary N) is 1. The van der Waals surface area contributed by atoms with Gasteiger partial charge in [0, 0.05) is 24.9 Å². The molecule has 1 rings (SSSR count). The van der Waals surface area contributed by atoms with Gasteiger partial charge in [-0.25, -0.2) is 5.84 Å². The number of rotatable bonds is 2. The number of hydrogen-bond acceptors (Lipinski definition) is 3. The van der Waals surface area contributed by atoms with Gasteiger partial charge in [-0.3, -0.25) is 10.4 Å². The zero-order valence-electron chi connectivity index (χ0n) is 8.99. The molecule has 0 atom stereocenters. The van der Waals surface area contributed by atoms with Crippen molar-refractivity contribution >= 4 is 17.7 Å². The third kappa shape index (κ3) is 3.06. The third-order valence-corrected chi connectivity index (χ3v) is 3.65. The van der Waals surface area contributed by atoms with Crippen molar-refractivity contribution in [3.05, 3.63) is 0 Å². The Hall–Kier alpha value is -0.420. The second-order valence-corrected chi connectivity index (χ2v) is 4.50. The Morgan fingerprint density at radius 3 is 2.64 bits per heavy atom. The lowest BCUT2D eigenvalue weighted by molar-refractivity contribution is 0.338. The Kier molecular flexibility index (Phi) is 5.11. The first-order valence-electron chi connectivity index (χ1n) is 5.10. The number of guanidine groups is 1. The molecule has 0 unspecified atom stereocenters. The largest absolute Gasteiger partial charge is 0.342 e. The lowest BCUT2D eigenvalue weighted by atomic mass is 10.1. The monoisotopic (exact) mass is 216 g/mol. The van der Waals surface area contributed by atoms with Crippen molar-refractivity contribution < 1.29 is 0 Å². The van der Waals surface area contributed by atoms with E-state index >= 15 is 0 Å². The number of hydrazine groups is 1. The molecular formula is C9H20N4S. The summed E-state index contributed by atoms with van der Waals surface area (Å²) in [5.74, 6) is 6.27. The van der Waals surface area contributed by atoms with E-state index in [-0.39, 0.29) is 0 Å². The van der Waals surface area contributed by atoms with Gasteiger partial charge in [-0.2, -0.15) is 11.8 Å². The molecule has 0 amide bonds. The molecule has 0 aromatic rings. The van der Waals surface area contributed by atoms with Crippen LogP contribution in [-0.2, 0) is 0 Å². The Morgan fingerprint density at radius 2 is 2.21 bits per heavy atom. The molecule has 0 saturated carbocycles. The van der Waals surface area contributed by atoms with E-state index in [9.17, 15) is 0 Å². The molecule has 4 nitrogen and oxygen atoms in total. The quantitative estimate of drug-likeness (QED) is 0.308. The van der Waals surface area contributed by atoms with Crippen LogP contribution in [0, 0.1) is 0 Å². The van der Waals surface area contributed by atoms with Crippen LogP contribution in [0.5, 0.6) is 0 Å². The van der Waals surface area contributed by atoms with Crippen LogP contribution in [0.1, 0.15) is 19.8 Å². The smallest absolute Gasteiger partial charge is 0.208 e. The second kappa shape index (κ2) is 6.14. The van der Waals surface area contributed by atoms with Crippen molar-refractivity contribution in [1.29, 1.82) is 0 Å². The summed E-state index contributed by atoms with van der Waals surface area (Å²) in [6.45, 7) is 4.93. The summed E-state index contributed by atoms with van der Waals surface area (Å²) in [7, 11) is 0. The topological polar surface area (TPSA) is 53.6 Å². The van der Waals surface area contributed by atoms with Crippen molar-refractivity contribution in [2.45, 2.75) is 25.0 Å². The zero-order chi connectivity index (χ0) is 10.4. The molecule has 1 aliphatic heterocycles. The summed E-state index contributed by atoms with van der Waals surface area (Å²) in [4.78, 5) is 6.55. The number of nitrogens with two attached hydrogens (primary N) is 1. The molecule has 0 bridgehead atoms. The first-order valence-corrected chi connectivity index (χ1v) is 6.39. The van der Waals surface area contributed by atoms with E-state index < -0.39 is 0 Å². The highest BCUT2D eigenvalue weighted by Gasteiger charge is 2.19. The maximum Gasteiger partial charge on any atom is 0.208 e. The second-order valence-electron chi connectivity index (χ2n) is 3.36. The van der Waals surface area contributed by atoms with Gasteiger partial charge in [-0.05, 0) is 26.0 Å². The van der Waals surface area contributed by atoms with E-state index in [1.54, 1.807) is 0 Å². The SMILES string of the molecule is CCN=C(NN)N1CCC(SC)CC1. The summed E-state index contributed by atoms with van der Waals surface area (Å²) in [5, 5.41) is 0.812. The van der Waals surface area contributed by atoms with E-state index in [1.165, 1.54) is 12.8 Å². The van der Waals surface area contributed by atoms with Crippen LogP contribution in [0.3, 0.4) is 0 Å². The number of piperidine rings is 1. The molecule has 0 aliphatic carbocycles. The van der Waals surface area contributed by atoms with Crippen LogP contribution < -0.4 is 11.3 Å². The highest BCUT2D eigenvalue weighted by atomic mass is 32.2. The third-order valence-electron chi connectivity index (χ3n) is 2.51. The minimum absolute atomic E-state index is 0.780. The minimum Gasteiger partial charge on any atom is -0.342 e. The van der Waals surface area contributed by atoms with Crippen LogP contribution in [0.4, 0.5) is 0 Å².